The Morgan fingerprint density at radius 3 is 1.71 bits per heavy atom. The fourth-order valence-corrected chi connectivity index (χ4v) is 2.71. The number of benzene rings is 2. The van der Waals surface area contributed by atoms with Crippen molar-refractivity contribution >= 4 is 58.0 Å². The lowest BCUT2D eigenvalue weighted by atomic mass is 11.1. The van der Waals surface area contributed by atoms with Crippen LogP contribution in [-0.4, -0.2) is 0 Å². The van der Waals surface area contributed by atoms with Crippen LogP contribution in [0.5, 0.6) is 0 Å². The van der Waals surface area contributed by atoms with Crippen molar-refractivity contribution < 1.29 is 0 Å². The molecule has 0 saturated carbocycles. The lowest BCUT2D eigenvalue weighted by molar-refractivity contribution is 1.61. The first-order chi connectivity index (χ1) is 7.97. The highest BCUT2D eigenvalue weighted by Crippen LogP contribution is 2.38. The van der Waals surface area contributed by atoms with E-state index in [0.717, 1.165) is 5.56 Å². The van der Waals surface area contributed by atoms with Gasteiger partial charge in [-0.15, -0.1) is 0 Å². The maximum Gasteiger partial charge on any atom is 0.0671 e. The zero-order chi connectivity index (χ0) is 12.6. The summed E-state index contributed by atoms with van der Waals surface area (Å²) in [7, 11) is 0. The molecule has 0 nitrogen and oxygen atoms in total. The summed E-state index contributed by atoms with van der Waals surface area (Å²) in [6, 6.07) is 8.45. The topological polar surface area (TPSA) is 0 Å². The van der Waals surface area contributed by atoms with Crippen LogP contribution in [0.2, 0.25) is 25.1 Å². The summed E-state index contributed by atoms with van der Waals surface area (Å²) in [6.45, 7) is 0. The Bertz CT molecular complexity index is 557. The van der Waals surface area contributed by atoms with Crippen molar-refractivity contribution in [3.05, 3.63) is 55.4 Å². The average Bonchev–Trinajstić information content (AvgIpc) is 2.22. The number of hydrogen-bond acceptors (Lipinski definition) is 0. The van der Waals surface area contributed by atoms with Crippen LogP contribution in [-0.2, 0) is 0 Å². The van der Waals surface area contributed by atoms with Crippen molar-refractivity contribution in [1.29, 1.82) is 0 Å². The zero-order valence-electron chi connectivity index (χ0n) is 8.28. The predicted molar refractivity (Wildman–Crippen MR) is 76.9 cm³/mol. The summed E-state index contributed by atoms with van der Waals surface area (Å²) in [5.74, 6) is 0. The van der Waals surface area contributed by atoms with Gasteiger partial charge in [0.25, 0.3) is 0 Å². The van der Waals surface area contributed by atoms with E-state index in [4.69, 9.17) is 58.0 Å². The molecule has 0 aromatic heterocycles. The largest absolute Gasteiger partial charge is 0.0843 e. The minimum atomic E-state index is 0.394. The van der Waals surface area contributed by atoms with Gasteiger partial charge in [-0.1, -0.05) is 58.0 Å². The van der Waals surface area contributed by atoms with Crippen LogP contribution in [0.25, 0.3) is 11.1 Å². The Morgan fingerprint density at radius 1 is 0.588 bits per heavy atom. The standard InChI is InChI=1S/C12H5Cl5/c13-7-1-6(2-8(14)3-7)10-4-9(15)5-11(16)12(10)17/h1-5H/i1+1,2+1,3+1,4+1,5+1,6+1,7+1,8+1,9+1,10+1,11+1,12+1. The summed E-state index contributed by atoms with van der Waals surface area (Å²) >= 11 is 29.9. The highest BCUT2D eigenvalue weighted by molar-refractivity contribution is 6.45. The molecule has 2 aromatic rings. The third-order valence-corrected chi connectivity index (χ3v) is 3.62. The van der Waals surface area contributed by atoms with E-state index in [1.54, 1.807) is 30.3 Å². The fourth-order valence-electron chi connectivity index (χ4n) is 1.48. The van der Waals surface area contributed by atoms with E-state index in [1.807, 2.05) is 0 Å². The molecule has 0 aliphatic rings. The van der Waals surface area contributed by atoms with E-state index >= 15 is 0 Å². The molecule has 0 bridgehead atoms. The van der Waals surface area contributed by atoms with Gasteiger partial charge in [-0.2, -0.15) is 0 Å². The summed E-state index contributed by atoms with van der Waals surface area (Å²) < 4.78 is 0. The second-order valence-electron chi connectivity index (χ2n) is 3.41. The van der Waals surface area contributed by atoms with E-state index in [2.05, 4.69) is 0 Å². The van der Waals surface area contributed by atoms with Gasteiger partial charge in [0.2, 0.25) is 0 Å². The van der Waals surface area contributed by atoms with Gasteiger partial charge in [-0.05, 0) is 35.9 Å². The van der Waals surface area contributed by atoms with Gasteiger partial charge in [0, 0.05) is 20.6 Å². The first-order valence-corrected chi connectivity index (χ1v) is 6.47. The molecule has 2 rings (SSSR count). The summed E-state index contributed by atoms with van der Waals surface area (Å²) in [5, 5.41) is 2.38. The van der Waals surface area contributed by atoms with Crippen molar-refractivity contribution in [3.63, 3.8) is 0 Å². The summed E-state index contributed by atoms with van der Waals surface area (Å²) in [6.07, 6.45) is 0. The van der Waals surface area contributed by atoms with Crippen molar-refractivity contribution in [2.24, 2.45) is 0 Å². The second-order valence-corrected chi connectivity index (χ2v) is 5.50. The molecule has 0 N–H and O–H groups in total. The normalized spacial score (nSPS) is 10.6. The van der Waals surface area contributed by atoms with Gasteiger partial charge in [0.15, 0.2) is 0 Å². The number of rotatable bonds is 1. The quantitative estimate of drug-likeness (QED) is 0.513. The van der Waals surface area contributed by atoms with E-state index < -0.39 is 0 Å². The molecule has 0 atom stereocenters. The highest BCUT2D eigenvalue weighted by Gasteiger charge is 2.10. The maximum absolute atomic E-state index is 6.13. The van der Waals surface area contributed by atoms with Crippen molar-refractivity contribution in [2.75, 3.05) is 0 Å². The molecular formula is C12H5Cl5. The van der Waals surface area contributed by atoms with Crippen LogP contribution in [0.3, 0.4) is 0 Å². The van der Waals surface area contributed by atoms with E-state index in [9.17, 15) is 0 Å². The van der Waals surface area contributed by atoms with Crippen LogP contribution in [0.4, 0.5) is 0 Å². The predicted octanol–water partition coefficient (Wildman–Crippen LogP) is 6.62. The van der Waals surface area contributed by atoms with E-state index in [1.165, 1.54) is 0 Å². The van der Waals surface area contributed by atoms with Crippen LogP contribution in [0, 0.1) is 0 Å². The minimum absolute atomic E-state index is 0.394. The monoisotopic (exact) mass is 336 g/mol. The molecule has 0 heterocycles. The Balaban J connectivity index is 2.67. The molecule has 0 aliphatic heterocycles. The van der Waals surface area contributed by atoms with Gasteiger partial charge >= 0.3 is 0 Å². The molecule has 2 aromatic carbocycles. The SMILES string of the molecule is Cl[13c]1[13cH][13c](Cl)[13cH][13c](-[13c]2[13cH][13c](Cl)[13cH][13c](Cl)[13c]2Cl)[13cH]1. The van der Waals surface area contributed by atoms with Gasteiger partial charge < -0.3 is 0 Å². The summed E-state index contributed by atoms with van der Waals surface area (Å²) in [4.78, 5) is 0. The minimum Gasteiger partial charge on any atom is -0.0843 e. The molecule has 0 unspecified atom stereocenters. The smallest absolute Gasteiger partial charge is 0.0671 e. The van der Waals surface area contributed by atoms with Crippen LogP contribution in [0.1, 0.15) is 0 Å². The van der Waals surface area contributed by atoms with Crippen molar-refractivity contribution in [2.45, 2.75) is 0 Å². The maximum atomic E-state index is 6.13. The number of halogens is 5. The molecule has 88 valence electrons. The van der Waals surface area contributed by atoms with Gasteiger partial charge in [0.05, 0.1) is 10.0 Å². The summed E-state index contributed by atoms with van der Waals surface area (Å²) in [5.41, 5.74) is 1.48. The van der Waals surface area contributed by atoms with Crippen LogP contribution >= 0.6 is 58.0 Å². The lowest BCUT2D eigenvalue weighted by Gasteiger charge is -2.08. The molecular weight excluding hydrogens is 333 g/mol. The fraction of sp³-hybridized carbons (Fsp3) is 0. The van der Waals surface area contributed by atoms with Gasteiger partial charge in [0.1, 0.15) is 0 Å². The Morgan fingerprint density at radius 2 is 1.12 bits per heavy atom. The van der Waals surface area contributed by atoms with Crippen molar-refractivity contribution in [3.8, 4) is 11.1 Å². The molecule has 0 amide bonds. The third kappa shape index (κ3) is 3.01. The molecule has 0 spiro atoms. The van der Waals surface area contributed by atoms with Crippen LogP contribution in [0.15, 0.2) is 30.3 Å². The first-order valence-electron chi connectivity index (χ1n) is 4.58. The van der Waals surface area contributed by atoms with Gasteiger partial charge in [-0.25, -0.2) is 0 Å². The van der Waals surface area contributed by atoms with E-state index in [-0.39, 0.29) is 0 Å². The molecule has 0 fully saturated rings. The first kappa shape index (κ1) is 13.3. The second kappa shape index (κ2) is 5.26. The molecule has 5 heteroatoms. The molecule has 0 radical (unpaired) electrons. The average molecular weight is 338 g/mol. The lowest BCUT2D eigenvalue weighted by Crippen LogP contribution is -1.82. The highest BCUT2D eigenvalue weighted by atomic mass is 35.5. The Hall–Kier alpha value is -0.110. The third-order valence-electron chi connectivity index (χ3n) is 2.17. The molecule has 0 saturated heterocycles. The van der Waals surface area contributed by atoms with Gasteiger partial charge in [-0.3, -0.25) is 0 Å². The Labute approximate surface area is 124 Å². The Kier molecular flexibility index (Phi) is 4.12. The zero-order valence-corrected chi connectivity index (χ0v) is 12.1. The molecule has 0 aliphatic carbocycles. The van der Waals surface area contributed by atoms with E-state index in [0.29, 0.717) is 30.7 Å². The number of hydrogen-bond donors (Lipinski definition) is 0. The van der Waals surface area contributed by atoms with Crippen LogP contribution < -0.4 is 0 Å². The molecule has 17 heavy (non-hydrogen) atoms. The van der Waals surface area contributed by atoms with Crippen molar-refractivity contribution in [1.82, 2.24) is 0 Å².